The number of carbonyl (C=O) groups is 1. The minimum absolute atomic E-state index is 0.00210. The molecule has 0 aliphatic carbocycles. The van der Waals surface area contributed by atoms with E-state index in [9.17, 15) is 4.79 Å². The number of carbonyl (C=O) groups excluding carboxylic acids is 1. The second-order valence-electron chi connectivity index (χ2n) is 2.71. The zero-order valence-corrected chi connectivity index (χ0v) is 10.6. The molecule has 0 atom stereocenters. The number of hydrazine groups is 1. The second-order valence-corrected chi connectivity index (χ2v) is 3.83. The summed E-state index contributed by atoms with van der Waals surface area (Å²) in [7, 11) is 1.63. The van der Waals surface area contributed by atoms with Gasteiger partial charge in [-0.05, 0) is 12.2 Å². The van der Waals surface area contributed by atoms with Gasteiger partial charge in [0.2, 0.25) is 0 Å². The van der Waals surface area contributed by atoms with E-state index in [1.807, 2.05) is 0 Å². The first kappa shape index (κ1) is 13.0. The molecule has 88 valence electrons. The Bertz CT molecular complexity index is 407. The van der Waals surface area contributed by atoms with Gasteiger partial charge in [-0.2, -0.15) is 0 Å². The Hall–Kier alpha value is -1.05. The number of rotatable bonds is 2. The molecule has 1 amide bonds. The van der Waals surface area contributed by atoms with Gasteiger partial charge in [0.1, 0.15) is 11.7 Å². The highest BCUT2D eigenvalue weighted by Gasteiger charge is 2.09. The summed E-state index contributed by atoms with van der Waals surface area (Å²) in [5, 5.41) is 3.32. The number of nitrogens with one attached hydrogen (secondary N) is 3. The van der Waals surface area contributed by atoms with Crippen molar-refractivity contribution >= 4 is 46.4 Å². The molecule has 1 heterocycles. The number of hydrogen-bond donors (Lipinski definition) is 3. The smallest absolute Gasteiger partial charge is 0.258 e. The fourth-order valence-corrected chi connectivity index (χ4v) is 1.19. The topological polar surface area (TPSA) is 71.0 Å². The maximum absolute atomic E-state index is 11.4. The summed E-state index contributed by atoms with van der Waals surface area (Å²) in [6.45, 7) is -0.00210. The van der Waals surface area contributed by atoms with Crippen LogP contribution in [0.15, 0.2) is 6.33 Å². The van der Waals surface area contributed by atoms with Gasteiger partial charge in [-0.25, -0.2) is 4.98 Å². The zero-order valence-electron chi connectivity index (χ0n) is 8.25. The van der Waals surface area contributed by atoms with Gasteiger partial charge in [0.05, 0.1) is 6.33 Å². The molecule has 3 N–H and O–H groups in total. The first-order chi connectivity index (χ1) is 7.54. The molecule has 0 fully saturated rings. The van der Waals surface area contributed by atoms with Crippen molar-refractivity contribution in [3.05, 3.63) is 16.6 Å². The van der Waals surface area contributed by atoms with E-state index in [0.29, 0.717) is 5.11 Å². The third kappa shape index (κ3) is 3.51. The first-order valence-corrected chi connectivity index (χ1v) is 5.33. The van der Waals surface area contributed by atoms with Crippen LogP contribution < -0.4 is 16.2 Å². The molecule has 0 saturated heterocycles. The van der Waals surface area contributed by atoms with Crippen LogP contribution in [0.2, 0.25) is 10.3 Å². The van der Waals surface area contributed by atoms with Gasteiger partial charge in [-0.15, -0.1) is 0 Å². The van der Waals surface area contributed by atoms with Crippen LogP contribution >= 0.6 is 35.4 Å². The second kappa shape index (κ2) is 5.88. The van der Waals surface area contributed by atoms with Crippen LogP contribution in [-0.4, -0.2) is 27.6 Å². The Morgan fingerprint density at radius 3 is 2.75 bits per heavy atom. The summed E-state index contributed by atoms with van der Waals surface area (Å²) >= 11 is 16.2. The van der Waals surface area contributed by atoms with Crippen molar-refractivity contribution in [2.45, 2.75) is 6.54 Å². The van der Waals surface area contributed by atoms with Gasteiger partial charge in [0.15, 0.2) is 10.3 Å². The quantitative estimate of drug-likeness (QED) is 0.538. The van der Waals surface area contributed by atoms with E-state index < -0.39 is 0 Å². The third-order valence-corrected chi connectivity index (χ3v) is 2.66. The van der Waals surface area contributed by atoms with E-state index in [1.165, 1.54) is 10.9 Å². The van der Waals surface area contributed by atoms with Gasteiger partial charge in [-0.3, -0.25) is 15.6 Å². The summed E-state index contributed by atoms with van der Waals surface area (Å²) < 4.78 is 1.41. The first-order valence-electron chi connectivity index (χ1n) is 4.17. The standard InChI is InChI=1S/C7H9Cl2N5OS/c1-10-7(16)13-12-4(15)2-14-3-11-5(8)6(14)9/h3H,2H2,1H3,(H,12,15)(H2,10,13,16). The van der Waals surface area contributed by atoms with E-state index in [-0.39, 0.29) is 22.8 Å². The fraction of sp³-hybridized carbons (Fsp3) is 0.286. The van der Waals surface area contributed by atoms with Crippen LogP contribution in [-0.2, 0) is 11.3 Å². The molecule has 6 nitrogen and oxygen atoms in total. The molecule has 1 aromatic rings. The molecular weight excluding hydrogens is 273 g/mol. The van der Waals surface area contributed by atoms with E-state index in [4.69, 9.17) is 35.4 Å². The Balaban J connectivity index is 2.46. The molecule has 0 aliphatic rings. The van der Waals surface area contributed by atoms with E-state index in [0.717, 1.165) is 0 Å². The summed E-state index contributed by atoms with van der Waals surface area (Å²) in [5.41, 5.74) is 4.86. The minimum Gasteiger partial charge on any atom is -0.364 e. The molecular formula is C7H9Cl2N5OS. The van der Waals surface area contributed by atoms with Crippen LogP contribution in [0.1, 0.15) is 0 Å². The highest BCUT2D eigenvalue weighted by Crippen LogP contribution is 2.18. The highest BCUT2D eigenvalue weighted by atomic mass is 35.5. The zero-order chi connectivity index (χ0) is 12.1. The van der Waals surface area contributed by atoms with Crippen molar-refractivity contribution in [3.8, 4) is 0 Å². The summed E-state index contributed by atoms with van der Waals surface area (Å²) in [6.07, 6.45) is 1.38. The lowest BCUT2D eigenvalue weighted by molar-refractivity contribution is -0.122. The summed E-state index contributed by atoms with van der Waals surface area (Å²) in [6, 6.07) is 0. The SMILES string of the molecule is CNC(=S)NNC(=O)Cn1cnc(Cl)c1Cl. The van der Waals surface area contributed by atoms with Crippen LogP contribution in [0.5, 0.6) is 0 Å². The predicted molar refractivity (Wildman–Crippen MR) is 65.2 cm³/mol. The van der Waals surface area contributed by atoms with Crippen molar-refractivity contribution in [2.75, 3.05) is 7.05 Å². The number of thiocarbonyl (C=S) groups is 1. The largest absolute Gasteiger partial charge is 0.364 e. The van der Waals surface area contributed by atoms with Gasteiger partial charge in [-0.1, -0.05) is 23.2 Å². The molecule has 0 radical (unpaired) electrons. The Morgan fingerprint density at radius 2 is 2.25 bits per heavy atom. The Kier molecular flexibility index (Phi) is 4.78. The number of nitrogens with zero attached hydrogens (tertiary/aromatic N) is 2. The maximum Gasteiger partial charge on any atom is 0.258 e. The van der Waals surface area contributed by atoms with Crippen LogP contribution in [0.3, 0.4) is 0 Å². The number of halogens is 2. The molecule has 1 rings (SSSR count). The Labute approximate surface area is 107 Å². The van der Waals surface area contributed by atoms with Gasteiger partial charge in [0.25, 0.3) is 5.91 Å². The lowest BCUT2D eigenvalue weighted by Crippen LogP contribution is -2.46. The van der Waals surface area contributed by atoms with Crippen molar-refractivity contribution in [3.63, 3.8) is 0 Å². The summed E-state index contributed by atoms with van der Waals surface area (Å²) in [5.74, 6) is -0.325. The molecule has 0 saturated carbocycles. The number of amides is 1. The van der Waals surface area contributed by atoms with E-state index in [2.05, 4.69) is 21.2 Å². The monoisotopic (exact) mass is 281 g/mol. The van der Waals surface area contributed by atoms with Gasteiger partial charge >= 0.3 is 0 Å². The maximum atomic E-state index is 11.4. The molecule has 1 aromatic heterocycles. The Morgan fingerprint density at radius 1 is 1.56 bits per heavy atom. The molecule has 0 aromatic carbocycles. The number of hydrogen-bond acceptors (Lipinski definition) is 3. The molecule has 0 unspecified atom stereocenters. The lowest BCUT2D eigenvalue weighted by Gasteiger charge is -2.09. The minimum atomic E-state index is -0.325. The normalized spacial score (nSPS) is 9.69. The van der Waals surface area contributed by atoms with Gasteiger partial charge in [0, 0.05) is 7.05 Å². The molecule has 16 heavy (non-hydrogen) atoms. The molecule has 9 heteroatoms. The van der Waals surface area contributed by atoms with Crippen molar-refractivity contribution in [1.82, 2.24) is 25.7 Å². The van der Waals surface area contributed by atoms with Crippen molar-refractivity contribution < 1.29 is 4.79 Å². The van der Waals surface area contributed by atoms with Crippen molar-refractivity contribution in [1.29, 1.82) is 0 Å². The average Bonchev–Trinajstić information content (AvgIpc) is 2.57. The van der Waals surface area contributed by atoms with Gasteiger partial charge < -0.3 is 9.88 Å². The molecule has 0 bridgehead atoms. The average molecular weight is 282 g/mol. The van der Waals surface area contributed by atoms with E-state index in [1.54, 1.807) is 7.05 Å². The lowest BCUT2D eigenvalue weighted by atomic mass is 10.6. The van der Waals surface area contributed by atoms with Crippen LogP contribution in [0, 0.1) is 0 Å². The highest BCUT2D eigenvalue weighted by molar-refractivity contribution is 7.80. The van der Waals surface area contributed by atoms with Crippen LogP contribution in [0.4, 0.5) is 0 Å². The number of imidazole rings is 1. The number of aromatic nitrogens is 2. The predicted octanol–water partition coefficient (Wildman–Crippen LogP) is 0.315. The fourth-order valence-electron chi connectivity index (χ4n) is 0.836. The van der Waals surface area contributed by atoms with Crippen molar-refractivity contribution in [2.24, 2.45) is 0 Å². The van der Waals surface area contributed by atoms with Crippen LogP contribution in [0.25, 0.3) is 0 Å². The molecule has 0 spiro atoms. The summed E-state index contributed by atoms with van der Waals surface area (Å²) in [4.78, 5) is 15.1. The van der Waals surface area contributed by atoms with E-state index >= 15 is 0 Å². The molecule has 0 aliphatic heterocycles. The third-order valence-electron chi connectivity index (χ3n) is 1.59.